The number of rotatable bonds is 6. The van der Waals surface area contributed by atoms with Gasteiger partial charge in [-0.1, -0.05) is 30.2 Å². The van der Waals surface area contributed by atoms with E-state index in [1.807, 2.05) is 24.0 Å². The average molecular weight is 321 g/mol. The van der Waals surface area contributed by atoms with Gasteiger partial charge in [0.25, 0.3) is 0 Å². The SMILES string of the molecule is C#CCN(CC(=O)NC(C)(C#N)C1CC1)C1CCc2ccccc21. The molecule has 4 nitrogen and oxygen atoms in total. The predicted molar refractivity (Wildman–Crippen MR) is 92.8 cm³/mol. The maximum absolute atomic E-state index is 12.5. The molecule has 3 rings (SSSR count). The summed E-state index contributed by atoms with van der Waals surface area (Å²) in [6.07, 6.45) is 9.54. The number of hydrogen-bond donors (Lipinski definition) is 1. The minimum Gasteiger partial charge on any atom is -0.337 e. The molecule has 1 N–H and O–H groups in total. The summed E-state index contributed by atoms with van der Waals surface area (Å²) in [5, 5.41) is 12.3. The smallest absolute Gasteiger partial charge is 0.235 e. The minimum absolute atomic E-state index is 0.120. The van der Waals surface area contributed by atoms with E-state index in [0.717, 1.165) is 25.7 Å². The Morgan fingerprint density at radius 2 is 2.17 bits per heavy atom. The molecule has 24 heavy (non-hydrogen) atoms. The molecule has 0 bridgehead atoms. The summed E-state index contributed by atoms with van der Waals surface area (Å²) in [5.74, 6) is 2.83. The van der Waals surface area contributed by atoms with Crippen molar-refractivity contribution in [2.24, 2.45) is 5.92 Å². The molecular formula is C20H23N3O. The highest BCUT2D eigenvalue weighted by molar-refractivity contribution is 5.79. The molecule has 2 atom stereocenters. The Kier molecular flexibility index (Phi) is 4.60. The molecule has 1 fully saturated rings. The zero-order valence-electron chi connectivity index (χ0n) is 14.1. The van der Waals surface area contributed by atoms with Crippen molar-refractivity contribution >= 4 is 5.91 Å². The number of aryl methyl sites for hydroxylation is 1. The standard InChI is InChI=1S/C20H23N3O/c1-3-12-23(18-11-8-15-6-4-5-7-17(15)18)13-19(24)22-20(2,14-21)16-9-10-16/h1,4-7,16,18H,8-13H2,2H3,(H,22,24). The van der Waals surface area contributed by atoms with Crippen LogP contribution in [0, 0.1) is 29.6 Å². The van der Waals surface area contributed by atoms with E-state index in [1.54, 1.807) is 0 Å². The van der Waals surface area contributed by atoms with Gasteiger partial charge in [-0.25, -0.2) is 0 Å². The van der Waals surface area contributed by atoms with Crippen LogP contribution < -0.4 is 5.32 Å². The Bertz CT molecular complexity index is 710. The number of amides is 1. The van der Waals surface area contributed by atoms with Crippen LogP contribution in [0.5, 0.6) is 0 Å². The molecule has 124 valence electrons. The molecule has 0 heterocycles. The topological polar surface area (TPSA) is 56.1 Å². The van der Waals surface area contributed by atoms with Gasteiger partial charge in [0.15, 0.2) is 0 Å². The first-order valence-corrected chi connectivity index (χ1v) is 8.55. The fourth-order valence-electron chi connectivity index (χ4n) is 3.70. The van der Waals surface area contributed by atoms with Gasteiger partial charge in [0.05, 0.1) is 19.2 Å². The van der Waals surface area contributed by atoms with Crippen LogP contribution in [-0.4, -0.2) is 29.4 Å². The van der Waals surface area contributed by atoms with E-state index in [2.05, 4.69) is 29.4 Å². The molecule has 2 unspecified atom stereocenters. The highest BCUT2D eigenvalue weighted by Gasteiger charge is 2.43. The third kappa shape index (κ3) is 3.30. The van der Waals surface area contributed by atoms with Crippen molar-refractivity contribution in [2.75, 3.05) is 13.1 Å². The van der Waals surface area contributed by atoms with Gasteiger partial charge in [0.1, 0.15) is 5.54 Å². The highest BCUT2D eigenvalue weighted by Crippen LogP contribution is 2.39. The number of nitrogens with one attached hydrogen (secondary N) is 1. The number of carbonyl (C=O) groups excluding carboxylic acids is 1. The summed E-state index contributed by atoms with van der Waals surface area (Å²) in [7, 11) is 0. The van der Waals surface area contributed by atoms with Crippen molar-refractivity contribution in [3.05, 3.63) is 35.4 Å². The maximum atomic E-state index is 12.5. The number of carbonyl (C=O) groups is 1. The second-order valence-corrected chi connectivity index (χ2v) is 7.00. The first-order chi connectivity index (χ1) is 11.6. The third-order valence-corrected chi connectivity index (χ3v) is 5.21. The lowest BCUT2D eigenvalue weighted by molar-refractivity contribution is -0.124. The van der Waals surface area contributed by atoms with Crippen molar-refractivity contribution in [3.63, 3.8) is 0 Å². The number of benzene rings is 1. The second kappa shape index (κ2) is 6.67. The lowest BCUT2D eigenvalue weighted by Gasteiger charge is -2.29. The maximum Gasteiger partial charge on any atom is 0.235 e. The summed E-state index contributed by atoms with van der Waals surface area (Å²) in [6, 6.07) is 10.8. The number of nitriles is 1. The number of hydrogen-bond acceptors (Lipinski definition) is 3. The van der Waals surface area contributed by atoms with E-state index in [4.69, 9.17) is 6.42 Å². The van der Waals surface area contributed by atoms with Crippen LogP contribution in [-0.2, 0) is 11.2 Å². The zero-order chi connectivity index (χ0) is 17.2. The molecule has 2 aliphatic carbocycles. The average Bonchev–Trinajstić information content (AvgIpc) is 3.35. The van der Waals surface area contributed by atoms with Gasteiger partial charge in [0.2, 0.25) is 5.91 Å². The summed E-state index contributed by atoms with van der Waals surface area (Å²) < 4.78 is 0. The van der Waals surface area contributed by atoms with Crippen molar-refractivity contribution < 1.29 is 4.79 Å². The van der Waals surface area contributed by atoms with Gasteiger partial charge in [-0.05, 0) is 49.7 Å². The lowest BCUT2D eigenvalue weighted by Crippen LogP contribution is -2.50. The summed E-state index contributed by atoms with van der Waals surface area (Å²) in [5.41, 5.74) is 1.85. The number of nitrogens with zero attached hydrogens (tertiary/aromatic N) is 2. The molecule has 4 heteroatoms. The van der Waals surface area contributed by atoms with E-state index in [0.29, 0.717) is 6.54 Å². The molecule has 2 aliphatic rings. The van der Waals surface area contributed by atoms with Gasteiger partial charge < -0.3 is 5.32 Å². The zero-order valence-corrected chi connectivity index (χ0v) is 14.1. The molecule has 1 aromatic rings. The van der Waals surface area contributed by atoms with Gasteiger partial charge in [-0.15, -0.1) is 6.42 Å². The summed E-state index contributed by atoms with van der Waals surface area (Å²) >= 11 is 0. The van der Waals surface area contributed by atoms with E-state index < -0.39 is 5.54 Å². The van der Waals surface area contributed by atoms with Crippen molar-refractivity contribution in [1.29, 1.82) is 5.26 Å². The minimum atomic E-state index is -0.757. The Morgan fingerprint density at radius 1 is 1.42 bits per heavy atom. The Morgan fingerprint density at radius 3 is 2.83 bits per heavy atom. The van der Waals surface area contributed by atoms with Gasteiger partial charge >= 0.3 is 0 Å². The largest absolute Gasteiger partial charge is 0.337 e. The molecule has 1 saturated carbocycles. The molecular weight excluding hydrogens is 298 g/mol. The van der Waals surface area contributed by atoms with Gasteiger partial charge in [-0.2, -0.15) is 5.26 Å². The van der Waals surface area contributed by atoms with Gasteiger partial charge in [0, 0.05) is 6.04 Å². The molecule has 1 amide bonds. The van der Waals surface area contributed by atoms with Crippen LogP contribution in [0.1, 0.15) is 43.4 Å². The number of terminal acetylenes is 1. The molecule has 0 saturated heterocycles. The molecule has 0 radical (unpaired) electrons. The second-order valence-electron chi connectivity index (χ2n) is 7.00. The summed E-state index contributed by atoms with van der Waals surface area (Å²) in [4.78, 5) is 14.6. The molecule has 1 aromatic carbocycles. The monoisotopic (exact) mass is 321 g/mol. The fourth-order valence-corrected chi connectivity index (χ4v) is 3.70. The van der Waals surface area contributed by atoms with E-state index >= 15 is 0 Å². The first kappa shape index (κ1) is 16.6. The van der Waals surface area contributed by atoms with Crippen molar-refractivity contribution in [3.8, 4) is 18.4 Å². The normalized spacial score (nSPS) is 21.4. The van der Waals surface area contributed by atoms with Crippen molar-refractivity contribution in [2.45, 2.75) is 44.2 Å². The Balaban J connectivity index is 1.70. The number of fused-ring (bicyclic) bond motifs is 1. The molecule has 0 spiro atoms. The van der Waals surface area contributed by atoms with Crippen molar-refractivity contribution in [1.82, 2.24) is 10.2 Å². The predicted octanol–water partition coefficient (Wildman–Crippen LogP) is 2.42. The lowest BCUT2D eigenvalue weighted by atomic mass is 9.98. The van der Waals surface area contributed by atoms with Crippen LogP contribution in [0.3, 0.4) is 0 Å². The Hall–Kier alpha value is -2.30. The third-order valence-electron chi connectivity index (χ3n) is 5.21. The molecule has 0 aromatic heterocycles. The quantitative estimate of drug-likeness (QED) is 0.819. The van der Waals surface area contributed by atoms with Crippen LogP contribution in [0.4, 0.5) is 0 Å². The van der Waals surface area contributed by atoms with E-state index in [1.165, 1.54) is 11.1 Å². The highest BCUT2D eigenvalue weighted by atomic mass is 16.2. The summed E-state index contributed by atoms with van der Waals surface area (Å²) in [6.45, 7) is 2.48. The van der Waals surface area contributed by atoms with Crippen LogP contribution in [0.2, 0.25) is 0 Å². The van der Waals surface area contributed by atoms with Crippen LogP contribution in [0.25, 0.3) is 0 Å². The van der Waals surface area contributed by atoms with E-state index in [-0.39, 0.29) is 24.4 Å². The first-order valence-electron chi connectivity index (χ1n) is 8.55. The van der Waals surface area contributed by atoms with Gasteiger partial charge in [-0.3, -0.25) is 9.69 Å². The fraction of sp³-hybridized carbons (Fsp3) is 0.500. The van der Waals surface area contributed by atoms with Crippen LogP contribution in [0.15, 0.2) is 24.3 Å². The van der Waals surface area contributed by atoms with E-state index in [9.17, 15) is 10.1 Å². The molecule has 0 aliphatic heterocycles. The Labute approximate surface area is 143 Å². The van der Waals surface area contributed by atoms with Crippen LogP contribution >= 0.6 is 0 Å².